The minimum absolute atomic E-state index is 0.168. The van der Waals surface area contributed by atoms with Crippen LogP contribution in [0.4, 0.5) is 5.69 Å². The number of amides is 1. The van der Waals surface area contributed by atoms with Gasteiger partial charge in [-0.05, 0) is 30.5 Å². The zero-order valence-electron chi connectivity index (χ0n) is 13.7. The molecule has 6 heteroatoms. The fourth-order valence-corrected chi connectivity index (χ4v) is 2.96. The van der Waals surface area contributed by atoms with Gasteiger partial charge in [-0.15, -0.1) is 0 Å². The van der Waals surface area contributed by atoms with Gasteiger partial charge in [0.25, 0.3) is 11.5 Å². The first-order valence-corrected chi connectivity index (χ1v) is 7.83. The molecule has 6 nitrogen and oxygen atoms in total. The summed E-state index contributed by atoms with van der Waals surface area (Å²) in [5.74, 6) is -0.168. The summed E-state index contributed by atoms with van der Waals surface area (Å²) in [5, 5.41) is 0. The number of fused-ring (bicyclic) bond motifs is 1. The van der Waals surface area contributed by atoms with Crippen LogP contribution >= 0.6 is 0 Å². The van der Waals surface area contributed by atoms with Gasteiger partial charge < -0.3 is 9.47 Å². The lowest BCUT2D eigenvalue weighted by Crippen LogP contribution is -2.37. The predicted molar refractivity (Wildman–Crippen MR) is 93.1 cm³/mol. The second-order valence-electron chi connectivity index (χ2n) is 5.90. The molecule has 0 saturated carbocycles. The van der Waals surface area contributed by atoms with Gasteiger partial charge in [0.05, 0.1) is 5.56 Å². The molecule has 0 unspecified atom stereocenters. The van der Waals surface area contributed by atoms with E-state index in [-0.39, 0.29) is 5.91 Å². The zero-order valence-corrected chi connectivity index (χ0v) is 13.7. The van der Waals surface area contributed by atoms with Crippen LogP contribution in [0.5, 0.6) is 0 Å². The number of nitrogens with zero attached hydrogens (tertiary/aromatic N) is 3. The quantitative estimate of drug-likeness (QED) is 0.776. The highest BCUT2D eigenvalue weighted by Gasteiger charge is 2.20. The third kappa shape index (κ3) is 2.82. The van der Waals surface area contributed by atoms with E-state index in [1.54, 1.807) is 11.9 Å². The Kier molecular flexibility index (Phi) is 4.20. The predicted octanol–water partition coefficient (Wildman–Crippen LogP) is 1.08. The van der Waals surface area contributed by atoms with E-state index in [2.05, 4.69) is 0 Å². The second kappa shape index (κ2) is 6.31. The molecule has 1 amide bonds. The lowest BCUT2D eigenvalue weighted by molar-refractivity contribution is -0.114. The normalized spacial score (nSPS) is 14.0. The van der Waals surface area contributed by atoms with Crippen LogP contribution in [-0.2, 0) is 25.3 Å². The molecule has 1 aromatic heterocycles. The highest BCUT2D eigenvalue weighted by molar-refractivity contribution is 6.04. The third-order valence-electron chi connectivity index (χ3n) is 4.25. The average molecular weight is 325 g/mol. The van der Waals surface area contributed by atoms with Gasteiger partial charge in [0, 0.05) is 38.6 Å². The number of carbonyl (C=O) groups is 1. The number of para-hydroxylation sites is 1. The SMILES string of the molecule is Cn1cc(/C=C\C(=O)N2CCCc3ccccc32)c(=O)n(C)c1=O. The van der Waals surface area contributed by atoms with Crippen molar-refractivity contribution in [2.24, 2.45) is 14.1 Å². The molecule has 0 atom stereocenters. The van der Waals surface area contributed by atoms with Crippen LogP contribution in [0.3, 0.4) is 0 Å². The number of aromatic nitrogens is 2. The minimum atomic E-state index is -0.416. The summed E-state index contributed by atoms with van der Waals surface area (Å²) in [7, 11) is 2.99. The topological polar surface area (TPSA) is 64.3 Å². The molecule has 24 heavy (non-hydrogen) atoms. The maximum absolute atomic E-state index is 12.5. The number of rotatable bonds is 2. The maximum atomic E-state index is 12.5. The summed E-state index contributed by atoms with van der Waals surface area (Å²) < 4.78 is 2.35. The van der Waals surface area contributed by atoms with E-state index in [0.717, 1.165) is 28.7 Å². The Morgan fingerprint density at radius 1 is 1.17 bits per heavy atom. The molecule has 0 spiro atoms. The van der Waals surface area contributed by atoms with Crippen molar-refractivity contribution in [3.8, 4) is 0 Å². The van der Waals surface area contributed by atoms with Crippen molar-refractivity contribution in [2.45, 2.75) is 12.8 Å². The standard InChI is InChI=1S/C18H19N3O3/c1-19-12-14(17(23)20(2)18(19)24)9-10-16(22)21-11-5-7-13-6-3-4-8-15(13)21/h3-4,6,8-10,12H,5,7,11H2,1-2H3/b10-9-. The van der Waals surface area contributed by atoms with Gasteiger partial charge >= 0.3 is 5.69 Å². The van der Waals surface area contributed by atoms with Gasteiger partial charge in [-0.2, -0.15) is 0 Å². The summed E-state index contributed by atoms with van der Waals surface area (Å²) in [6, 6.07) is 7.85. The van der Waals surface area contributed by atoms with E-state index in [1.165, 1.54) is 30.0 Å². The number of hydrogen-bond donors (Lipinski definition) is 0. The van der Waals surface area contributed by atoms with Crippen LogP contribution in [0.1, 0.15) is 17.5 Å². The summed E-state index contributed by atoms with van der Waals surface area (Å²) in [4.78, 5) is 38.1. The first-order valence-electron chi connectivity index (χ1n) is 7.83. The number of hydrogen-bond acceptors (Lipinski definition) is 3. The van der Waals surface area contributed by atoms with Crippen molar-refractivity contribution in [1.82, 2.24) is 9.13 Å². The molecule has 0 saturated heterocycles. The molecular weight excluding hydrogens is 306 g/mol. The molecule has 2 aromatic rings. The van der Waals surface area contributed by atoms with Crippen LogP contribution in [0.25, 0.3) is 6.08 Å². The van der Waals surface area contributed by atoms with Crippen LogP contribution in [0.15, 0.2) is 46.1 Å². The van der Waals surface area contributed by atoms with E-state index < -0.39 is 11.2 Å². The van der Waals surface area contributed by atoms with Gasteiger partial charge in [0.2, 0.25) is 0 Å². The fourth-order valence-electron chi connectivity index (χ4n) is 2.96. The molecule has 124 valence electrons. The van der Waals surface area contributed by atoms with Gasteiger partial charge in [-0.3, -0.25) is 14.2 Å². The molecule has 0 N–H and O–H groups in total. The van der Waals surface area contributed by atoms with E-state index in [0.29, 0.717) is 12.1 Å². The minimum Gasteiger partial charge on any atom is -0.309 e. The molecule has 1 aliphatic rings. The Hall–Kier alpha value is -2.89. The highest BCUT2D eigenvalue weighted by atomic mass is 16.2. The zero-order chi connectivity index (χ0) is 17.3. The number of carbonyl (C=O) groups excluding carboxylic acids is 1. The van der Waals surface area contributed by atoms with E-state index in [4.69, 9.17) is 0 Å². The largest absolute Gasteiger partial charge is 0.330 e. The Labute approximate surface area is 139 Å². The first kappa shape index (κ1) is 16.0. The molecular formula is C18H19N3O3. The number of benzene rings is 1. The van der Waals surface area contributed by atoms with Crippen LogP contribution < -0.4 is 16.1 Å². The molecule has 0 fully saturated rings. The molecule has 3 rings (SSSR count). The lowest BCUT2D eigenvalue weighted by Gasteiger charge is -2.28. The average Bonchev–Trinajstić information content (AvgIpc) is 2.61. The Morgan fingerprint density at radius 3 is 2.71 bits per heavy atom. The molecule has 0 aliphatic carbocycles. The summed E-state index contributed by atoms with van der Waals surface area (Å²) in [6.07, 6.45) is 6.19. The first-order chi connectivity index (χ1) is 11.5. The third-order valence-corrected chi connectivity index (χ3v) is 4.25. The second-order valence-corrected chi connectivity index (χ2v) is 5.90. The number of aryl methyl sites for hydroxylation is 2. The molecule has 0 bridgehead atoms. The lowest BCUT2D eigenvalue weighted by atomic mass is 10.0. The summed E-state index contributed by atoms with van der Waals surface area (Å²) >= 11 is 0. The van der Waals surface area contributed by atoms with Crippen LogP contribution in [0.2, 0.25) is 0 Å². The van der Waals surface area contributed by atoms with Crippen molar-refractivity contribution in [1.29, 1.82) is 0 Å². The van der Waals surface area contributed by atoms with Crippen molar-refractivity contribution >= 4 is 17.7 Å². The van der Waals surface area contributed by atoms with E-state index in [1.807, 2.05) is 24.3 Å². The summed E-state index contributed by atoms with van der Waals surface area (Å²) in [6.45, 7) is 0.658. The molecule has 2 heterocycles. The van der Waals surface area contributed by atoms with Gasteiger partial charge in [0.1, 0.15) is 0 Å². The van der Waals surface area contributed by atoms with Crippen molar-refractivity contribution < 1.29 is 4.79 Å². The van der Waals surface area contributed by atoms with Crippen molar-refractivity contribution in [3.63, 3.8) is 0 Å². The van der Waals surface area contributed by atoms with Crippen LogP contribution in [0, 0.1) is 0 Å². The number of anilines is 1. The highest BCUT2D eigenvalue weighted by Crippen LogP contribution is 2.26. The molecule has 0 radical (unpaired) electrons. The van der Waals surface area contributed by atoms with E-state index >= 15 is 0 Å². The molecule has 1 aliphatic heterocycles. The Bertz CT molecular complexity index is 937. The summed E-state index contributed by atoms with van der Waals surface area (Å²) in [5.41, 5.74) is 1.57. The van der Waals surface area contributed by atoms with Gasteiger partial charge in [0.15, 0.2) is 0 Å². The fraction of sp³-hybridized carbons (Fsp3) is 0.278. The van der Waals surface area contributed by atoms with Gasteiger partial charge in [-0.1, -0.05) is 18.2 Å². The van der Waals surface area contributed by atoms with Crippen molar-refractivity contribution in [2.75, 3.05) is 11.4 Å². The maximum Gasteiger partial charge on any atom is 0.330 e. The van der Waals surface area contributed by atoms with Gasteiger partial charge in [-0.25, -0.2) is 4.79 Å². The van der Waals surface area contributed by atoms with Crippen LogP contribution in [-0.4, -0.2) is 21.6 Å². The monoisotopic (exact) mass is 325 g/mol. The van der Waals surface area contributed by atoms with E-state index in [9.17, 15) is 14.4 Å². The Morgan fingerprint density at radius 2 is 1.92 bits per heavy atom. The van der Waals surface area contributed by atoms with Crippen molar-refractivity contribution in [3.05, 3.63) is 68.5 Å². The smallest absolute Gasteiger partial charge is 0.309 e. The Balaban J connectivity index is 1.90. The molecule has 1 aromatic carbocycles.